The molecule has 5 rings (SSSR count). The fourth-order valence-corrected chi connectivity index (χ4v) is 8.57. The summed E-state index contributed by atoms with van der Waals surface area (Å²) in [4.78, 5) is 32.5. The summed E-state index contributed by atoms with van der Waals surface area (Å²) in [5, 5.41) is 0. The van der Waals surface area contributed by atoms with Crippen LogP contribution in [-0.4, -0.2) is 31.4 Å². The molecular weight excluding hydrogens is 893 g/mol. The fraction of sp³-hybridized carbons (Fsp3) is 0.219. The summed E-state index contributed by atoms with van der Waals surface area (Å²) in [5.74, 6) is 0.787. The number of aromatic nitrogens is 1. The second kappa shape index (κ2) is 14.3. The van der Waals surface area contributed by atoms with Gasteiger partial charge in [-0.05, 0) is 118 Å². The first-order valence-electron chi connectivity index (χ1n) is 13.5. The van der Waals surface area contributed by atoms with Gasteiger partial charge in [-0.3, -0.25) is 9.36 Å². The van der Waals surface area contributed by atoms with Gasteiger partial charge in [0.1, 0.15) is 18.2 Å². The Morgan fingerprint density at radius 2 is 1.73 bits per heavy atom. The molecule has 0 radical (unpaired) electrons. The molecule has 1 aliphatic rings. The van der Waals surface area contributed by atoms with Crippen molar-refractivity contribution in [1.29, 1.82) is 0 Å². The number of esters is 1. The summed E-state index contributed by atoms with van der Waals surface area (Å²) < 4.78 is 40.1. The van der Waals surface area contributed by atoms with Crippen LogP contribution in [0, 0.1) is 13.0 Å². The Morgan fingerprint density at radius 3 is 2.36 bits per heavy atom. The zero-order valence-corrected chi connectivity index (χ0v) is 31.2. The van der Waals surface area contributed by atoms with Crippen LogP contribution in [0.2, 0.25) is 0 Å². The molecule has 0 fully saturated rings. The second-order valence-corrected chi connectivity index (χ2v) is 13.9. The highest BCUT2D eigenvalue weighted by Gasteiger charge is 2.35. The number of hydrogen-bond donors (Lipinski definition) is 0. The van der Waals surface area contributed by atoms with Gasteiger partial charge in [-0.25, -0.2) is 14.2 Å². The number of methoxy groups -OCH3 is 2. The van der Waals surface area contributed by atoms with Gasteiger partial charge in [0.05, 0.1) is 49.8 Å². The Bertz CT molecular complexity index is 1990. The lowest BCUT2D eigenvalue weighted by Gasteiger charge is -2.26. The van der Waals surface area contributed by atoms with E-state index in [1.807, 2.05) is 18.2 Å². The van der Waals surface area contributed by atoms with Crippen LogP contribution in [0.5, 0.6) is 17.2 Å². The minimum absolute atomic E-state index is 0.167. The zero-order chi connectivity index (χ0) is 32.4. The van der Waals surface area contributed by atoms with Crippen LogP contribution < -0.4 is 29.1 Å². The molecule has 0 amide bonds. The van der Waals surface area contributed by atoms with Gasteiger partial charge in [-0.1, -0.05) is 39.4 Å². The lowest BCUT2D eigenvalue weighted by molar-refractivity contribution is -0.139. The van der Waals surface area contributed by atoms with E-state index in [9.17, 15) is 14.0 Å². The number of carbonyl (C=O) groups is 1. The summed E-state index contributed by atoms with van der Waals surface area (Å²) in [6, 6.07) is 12.7. The van der Waals surface area contributed by atoms with Crippen LogP contribution in [0.25, 0.3) is 6.08 Å². The average Bonchev–Trinajstić information content (AvgIpc) is 3.30. The molecule has 0 spiro atoms. The molecule has 1 aliphatic heterocycles. The molecule has 4 aromatic rings. The predicted octanol–water partition coefficient (Wildman–Crippen LogP) is 6.51. The number of allylic oxidation sites excluding steroid dienone is 1. The third-order valence-electron chi connectivity index (χ3n) is 6.93. The van der Waals surface area contributed by atoms with Crippen LogP contribution in [0.4, 0.5) is 4.39 Å². The number of benzene rings is 3. The first kappa shape index (κ1) is 33.6. The van der Waals surface area contributed by atoms with Crippen molar-refractivity contribution in [3.05, 3.63) is 114 Å². The monoisotopic (exact) mass is 918 g/mol. The van der Waals surface area contributed by atoms with Crippen molar-refractivity contribution < 1.29 is 28.1 Å². The lowest BCUT2D eigenvalue weighted by Crippen LogP contribution is -2.40. The van der Waals surface area contributed by atoms with Gasteiger partial charge < -0.3 is 18.9 Å². The molecule has 0 unspecified atom stereocenters. The number of hydrogen-bond acceptors (Lipinski definition) is 8. The first-order valence-corrected chi connectivity index (χ1v) is 17.3. The molecule has 1 aromatic heterocycles. The van der Waals surface area contributed by atoms with Crippen molar-refractivity contribution >= 4 is 84.5 Å². The number of ether oxygens (including phenoxy) is 4. The van der Waals surface area contributed by atoms with Gasteiger partial charge in [0, 0.05) is 4.47 Å². The van der Waals surface area contributed by atoms with E-state index in [1.54, 1.807) is 38.1 Å². The Balaban J connectivity index is 1.60. The summed E-state index contributed by atoms with van der Waals surface area (Å²) in [5.41, 5.74) is 2.68. The van der Waals surface area contributed by atoms with Crippen molar-refractivity contribution in [3.8, 4) is 17.2 Å². The molecule has 2 heterocycles. The molecule has 0 saturated heterocycles. The van der Waals surface area contributed by atoms with Gasteiger partial charge in [0.15, 0.2) is 16.3 Å². The average molecular weight is 919 g/mol. The molecule has 3 aromatic carbocycles. The molecule has 0 bridgehead atoms. The molecule has 8 nitrogen and oxygen atoms in total. The number of fused-ring (bicyclic) bond motifs is 1. The van der Waals surface area contributed by atoms with E-state index in [1.165, 1.54) is 42.3 Å². The smallest absolute Gasteiger partial charge is 0.338 e. The van der Waals surface area contributed by atoms with Crippen molar-refractivity contribution in [2.75, 3.05) is 20.8 Å². The van der Waals surface area contributed by atoms with Crippen molar-refractivity contribution in [1.82, 2.24) is 4.57 Å². The minimum Gasteiger partial charge on any atom is -0.493 e. The van der Waals surface area contributed by atoms with Gasteiger partial charge in [0.25, 0.3) is 5.56 Å². The third-order valence-corrected chi connectivity index (χ3v) is 10.2. The Kier molecular flexibility index (Phi) is 10.7. The molecule has 45 heavy (non-hydrogen) atoms. The van der Waals surface area contributed by atoms with Crippen molar-refractivity contribution in [2.24, 2.45) is 4.99 Å². The molecular formula is C32H26BrFI2N2O6S. The molecule has 0 aliphatic carbocycles. The SMILES string of the molecule is CCOC(=O)C1=C(C)N=c2s/c(=C\c3cc(I)c(OCc4ccc(F)cc4)c(I)c3)c(=O)n2[C@H]1c1cc(OC)c(OC)cc1Br. The van der Waals surface area contributed by atoms with Crippen LogP contribution >= 0.6 is 72.4 Å². The largest absolute Gasteiger partial charge is 0.493 e. The Morgan fingerprint density at radius 1 is 1.09 bits per heavy atom. The van der Waals surface area contributed by atoms with Gasteiger partial charge in [-0.2, -0.15) is 0 Å². The highest BCUT2D eigenvalue weighted by atomic mass is 127. The second-order valence-electron chi connectivity index (χ2n) is 9.76. The maximum Gasteiger partial charge on any atom is 0.338 e. The summed E-state index contributed by atoms with van der Waals surface area (Å²) in [7, 11) is 3.06. The highest BCUT2D eigenvalue weighted by Crippen LogP contribution is 2.41. The number of thiazole rings is 1. The van der Waals surface area contributed by atoms with E-state index in [2.05, 4.69) is 66.1 Å². The quantitative estimate of drug-likeness (QED) is 0.141. The van der Waals surface area contributed by atoms with Crippen LogP contribution in [0.3, 0.4) is 0 Å². The maximum atomic E-state index is 14.1. The van der Waals surface area contributed by atoms with Crippen LogP contribution in [-0.2, 0) is 16.1 Å². The van der Waals surface area contributed by atoms with Gasteiger partial charge in [-0.15, -0.1) is 0 Å². The van der Waals surface area contributed by atoms with Gasteiger partial charge in [0.2, 0.25) is 0 Å². The van der Waals surface area contributed by atoms with E-state index >= 15 is 0 Å². The fourth-order valence-electron chi connectivity index (χ4n) is 4.85. The van der Waals surface area contributed by atoms with Gasteiger partial charge >= 0.3 is 5.97 Å². The Labute approximate surface area is 298 Å². The number of rotatable bonds is 9. The summed E-state index contributed by atoms with van der Waals surface area (Å²) in [6.45, 7) is 3.92. The topological polar surface area (TPSA) is 88.4 Å². The lowest BCUT2D eigenvalue weighted by atomic mass is 9.95. The molecule has 0 N–H and O–H groups in total. The maximum absolute atomic E-state index is 14.1. The molecule has 1 atom stereocenters. The van der Waals surface area contributed by atoms with Crippen LogP contribution in [0.1, 0.15) is 36.6 Å². The summed E-state index contributed by atoms with van der Waals surface area (Å²) in [6.07, 6.45) is 1.81. The molecule has 0 saturated carbocycles. The highest BCUT2D eigenvalue weighted by molar-refractivity contribution is 14.1. The van der Waals surface area contributed by atoms with E-state index in [4.69, 9.17) is 18.9 Å². The Hall–Kier alpha value is -2.76. The third kappa shape index (κ3) is 7.00. The minimum atomic E-state index is -0.834. The number of carbonyl (C=O) groups excluding carboxylic acids is 1. The van der Waals surface area contributed by atoms with E-state index in [-0.39, 0.29) is 30.2 Å². The van der Waals surface area contributed by atoms with E-state index in [0.29, 0.717) is 42.3 Å². The molecule has 13 heteroatoms. The summed E-state index contributed by atoms with van der Waals surface area (Å²) >= 11 is 9.26. The van der Waals surface area contributed by atoms with Crippen molar-refractivity contribution in [3.63, 3.8) is 0 Å². The predicted molar refractivity (Wildman–Crippen MR) is 190 cm³/mol. The van der Waals surface area contributed by atoms with E-state index in [0.717, 1.165) is 18.3 Å². The van der Waals surface area contributed by atoms with Crippen molar-refractivity contribution in [2.45, 2.75) is 26.5 Å². The van der Waals surface area contributed by atoms with Crippen LogP contribution in [0.15, 0.2) is 74.1 Å². The normalized spacial score (nSPS) is 14.6. The zero-order valence-electron chi connectivity index (χ0n) is 24.5. The standard InChI is InChI=1S/C32H26BrFI2N2O6S/c1-5-43-31(40)27-16(2)37-32-38(28(27)20-13-24(41-3)25(42-4)14-21(20)33)30(39)26(45-32)12-18-10-22(35)29(23(36)11-18)44-15-17-6-8-19(34)9-7-17/h6-14,28H,5,15H2,1-4H3/b26-12-/t28-/m0/s1. The number of nitrogens with zero attached hydrogens (tertiary/aromatic N) is 2. The molecule has 234 valence electrons. The first-order chi connectivity index (χ1) is 21.6. The van der Waals surface area contributed by atoms with E-state index < -0.39 is 12.0 Å². The number of halogens is 4.